The number of phosphoric acid groups is 1. The van der Waals surface area contributed by atoms with Gasteiger partial charge in [0.1, 0.15) is 13.2 Å². The van der Waals surface area contributed by atoms with E-state index in [0.29, 0.717) is 17.4 Å². The highest BCUT2D eigenvalue weighted by Gasteiger charge is 2.23. The molecule has 8 nitrogen and oxygen atoms in total. The van der Waals surface area contributed by atoms with Gasteiger partial charge in [-0.2, -0.15) is 0 Å². The summed E-state index contributed by atoms with van der Waals surface area (Å²) >= 11 is 0. The van der Waals surface area contributed by atoms with Crippen LogP contribution < -0.4 is 10.2 Å². The Morgan fingerprint density at radius 2 is 0.917 bits per heavy atom. The summed E-state index contributed by atoms with van der Waals surface area (Å²) < 4.78 is 23.2. The molecule has 60 heavy (non-hydrogen) atoms. The number of hydrogen-bond acceptors (Lipinski definition) is 6. The summed E-state index contributed by atoms with van der Waals surface area (Å²) in [7, 11) is 1.27. The number of rotatable bonds is 47. The maximum atomic E-state index is 12.9. The average Bonchev–Trinajstić information content (AvgIpc) is 3.20. The molecule has 0 aromatic heterocycles. The van der Waals surface area contributed by atoms with Gasteiger partial charge < -0.3 is 28.8 Å². The van der Waals surface area contributed by atoms with Crippen molar-refractivity contribution in [3.05, 3.63) is 24.3 Å². The van der Waals surface area contributed by atoms with E-state index in [0.717, 1.165) is 38.5 Å². The molecule has 1 amide bonds. The molecule has 0 heterocycles. The number of hydrogen-bond donors (Lipinski definition) is 2. The molecule has 0 rings (SSSR count). The highest BCUT2D eigenvalue weighted by atomic mass is 31.2. The van der Waals surface area contributed by atoms with Gasteiger partial charge in [-0.1, -0.05) is 218 Å². The quantitative estimate of drug-likeness (QED) is 0.0273. The van der Waals surface area contributed by atoms with Crippen LogP contribution in [0, 0.1) is 0 Å². The molecule has 0 spiro atoms. The zero-order valence-electron chi connectivity index (χ0n) is 40.4. The maximum absolute atomic E-state index is 12.9. The minimum Gasteiger partial charge on any atom is -0.756 e. The summed E-state index contributed by atoms with van der Waals surface area (Å²) in [5.74, 6) is -0.197. The fourth-order valence-corrected chi connectivity index (χ4v) is 8.28. The molecule has 0 aromatic carbocycles. The van der Waals surface area contributed by atoms with E-state index in [9.17, 15) is 19.4 Å². The molecule has 3 atom stereocenters. The minimum absolute atomic E-state index is 0.000137. The first-order chi connectivity index (χ1) is 29.0. The number of carbonyl (C=O) groups is 1. The van der Waals surface area contributed by atoms with E-state index in [1.54, 1.807) is 6.08 Å². The van der Waals surface area contributed by atoms with Crippen LogP contribution in [0.4, 0.5) is 0 Å². The van der Waals surface area contributed by atoms with E-state index < -0.39 is 20.0 Å². The molecule has 9 heteroatoms. The molecule has 0 saturated heterocycles. The first-order valence-corrected chi connectivity index (χ1v) is 27.2. The lowest BCUT2D eigenvalue weighted by atomic mass is 10.0. The van der Waals surface area contributed by atoms with Crippen molar-refractivity contribution in [2.75, 3.05) is 40.9 Å². The van der Waals surface area contributed by atoms with Crippen LogP contribution in [0.3, 0.4) is 0 Å². The highest BCUT2D eigenvalue weighted by molar-refractivity contribution is 7.45. The van der Waals surface area contributed by atoms with Gasteiger partial charge in [0.2, 0.25) is 5.91 Å². The minimum atomic E-state index is -4.58. The van der Waals surface area contributed by atoms with Gasteiger partial charge in [0.15, 0.2) is 0 Å². The zero-order valence-corrected chi connectivity index (χ0v) is 41.3. The lowest BCUT2D eigenvalue weighted by Gasteiger charge is -2.29. The number of aliphatic hydroxyl groups is 1. The Morgan fingerprint density at radius 1 is 0.567 bits per heavy atom. The Hall–Kier alpha value is -1.02. The number of aliphatic hydroxyl groups excluding tert-OH is 1. The fraction of sp³-hybridized carbons (Fsp3) is 0.902. The summed E-state index contributed by atoms with van der Waals surface area (Å²) in [5.41, 5.74) is 0. The first-order valence-electron chi connectivity index (χ1n) is 25.7. The van der Waals surface area contributed by atoms with E-state index in [4.69, 9.17) is 9.05 Å². The molecule has 0 aliphatic heterocycles. The van der Waals surface area contributed by atoms with Crippen LogP contribution in [0.25, 0.3) is 0 Å². The second kappa shape index (κ2) is 43.2. The third-order valence-corrected chi connectivity index (χ3v) is 12.6. The molecular formula is C51H101N2O6P. The summed E-state index contributed by atoms with van der Waals surface area (Å²) in [5, 5.41) is 13.8. The standard InChI is InChI=1S/C51H101N2O6P/c1-6-8-10-12-14-16-18-19-20-21-22-23-24-25-26-27-28-29-30-31-32-33-35-37-39-41-43-45-51(55)52-49(48-59-60(56,57)58-47-46-53(3,4)5)50(54)44-42-40-38-36-34-17-15-13-11-9-7-2/h25-26,42,44,49-50,54H,6-24,27-41,43,45-48H2,1-5H3,(H-,52,55,56,57)/b26-25-,44-42+. The Morgan fingerprint density at radius 3 is 1.30 bits per heavy atom. The van der Waals surface area contributed by atoms with Crippen LogP contribution in [0.1, 0.15) is 245 Å². The number of amides is 1. The fourth-order valence-electron chi connectivity index (χ4n) is 7.56. The third kappa shape index (κ3) is 45.0. The van der Waals surface area contributed by atoms with E-state index >= 15 is 0 Å². The predicted molar refractivity (Wildman–Crippen MR) is 256 cm³/mol. The van der Waals surface area contributed by atoms with Crippen molar-refractivity contribution in [3.8, 4) is 0 Å². The zero-order chi connectivity index (χ0) is 44.3. The molecule has 2 N–H and O–H groups in total. The van der Waals surface area contributed by atoms with Crippen molar-refractivity contribution in [1.29, 1.82) is 0 Å². The lowest BCUT2D eigenvalue weighted by molar-refractivity contribution is -0.870. The SMILES string of the molecule is CCCCCCCCCCC/C=C/C(O)C(COP(=O)([O-])OCC[N+](C)(C)C)NC(=O)CCCCCCCCCCCCC/C=C\CCCCCCCCCCCCCC. The van der Waals surface area contributed by atoms with Gasteiger partial charge in [-0.15, -0.1) is 0 Å². The monoisotopic (exact) mass is 869 g/mol. The van der Waals surface area contributed by atoms with Crippen LogP contribution in [0.5, 0.6) is 0 Å². The second-order valence-corrected chi connectivity index (χ2v) is 20.3. The highest BCUT2D eigenvalue weighted by Crippen LogP contribution is 2.38. The van der Waals surface area contributed by atoms with Gasteiger partial charge in [-0.05, 0) is 44.9 Å². The summed E-state index contributed by atoms with van der Waals surface area (Å²) in [6, 6.07) is -0.883. The van der Waals surface area contributed by atoms with Gasteiger partial charge in [0.25, 0.3) is 7.82 Å². The largest absolute Gasteiger partial charge is 0.756 e. The molecule has 3 unspecified atom stereocenters. The van der Waals surface area contributed by atoms with Crippen molar-refractivity contribution < 1.29 is 32.9 Å². The van der Waals surface area contributed by atoms with Crippen molar-refractivity contribution in [2.24, 2.45) is 0 Å². The maximum Gasteiger partial charge on any atom is 0.268 e. The number of nitrogens with one attached hydrogen (secondary N) is 1. The number of carbonyl (C=O) groups excluding carboxylic acids is 1. The lowest BCUT2D eigenvalue weighted by Crippen LogP contribution is -2.45. The van der Waals surface area contributed by atoms with E-state index in [-0.39, 0.29) is 19.1 Å². The smallest absolute Gasteiger partial charge is 0.268 e. The van der Waals surface area contributed by atoms with Crippen LogP contribution >= 0.6 is 7.82 Å². The number of unbranched alkanes of at least 4 members (excludes halogenated alkanes) is 32. The molecule has 0 bridgehead atoms. The normalized spacial score (nSPS) is 14.3. The summed E-state index contributed by atoms with van der Waals surface area (Å²) in [6.45, 7) is 4.65. The summed E-state index contributed by atoms with van der Waals surface area (Å²) in [4.78, 5) is 25.3. The molecule has 0 aliphatic rings. The van der Waals surface area contributed by atoms with Crippen molar-refractivity contribution in [3.63, 3.8) is 0 Å². The molecular weight excluding hydrogens is 768 g/mol. The molecule has 356 valence electrons. The number of allylic oxidation sites excluding steroid dienone is 3. The molecule has 0 aromatic rings. The number of phosphoric ester groups is 1. The Kier molecular flexibility index (Phi) is 42.5. The van der Waals surface area contributed by atoms with E-state index in [1.807, 2.05) is 27.2 Å². The van der Waals surface area contributed by atoms with Gasteiger partial charge in [-0.3, -0.25) is 9.36 Å². The Labute approximate surface area is 373 Å². The van der Waals surface area contributed by atoms with Crippen molar-refractivity contribution in [2.45, 2.75) is 257 Å². The van der Waals surface area contributed by atoms with E-state index in [1.165, 1.54) is 186 Å². The third-order valence-electron chi connectivity index (χ3n) is 11.7. The average molecular weight is 869 g/mol. The van der Waals surface area contributed by atoms with Crippen LogP contribution in [-0.4, -0.2) is 68.5 Å². The number of likely N-dealkylation sites (N-methyl/N-ethyl adjacent to an activating group) is 1. The van der Waals surface area contributed by atoms with Crippen LogP contribution in [-0.2, 0) is 18.4 Å². The number of nitrogens with zero attached hydrogens (tertiary/aromatic N) is 1. The Bertz CT molecular complexity index is 1030. The molecule has 0 radical (unpaired) electrons. The topological polar surface area (TPSA) is 108 Å². The van der Waals surface area contributed by atoms with Gasteiger partial charge >= 0.3 is 0 Å². The molecule has 0 fully saturated rings. The van der Waals surface area contributed by atoms with Crippen molar-refractivity contribution in [1.82, 2.24) is 5.32 Å². The summed E-state index contributed by atoms with van der Waals surface area (Å²) in [6.07, 6.45) is 52.5. The van der Waals surface area contributed by atoms with Crippen molar-refractivity contribution >= 4 is 13.7 Å². The second-order valence-electron chi connectivity index (χ2n) is 18.9. The number of quaternary nitrogens is 1. The predicted octanol–water partition coefficient (Wildman–Crippen LogP) is 14.2. The van der Waals surface area contributed by atoms with Crippen LogP contribution in [0.2, 0.25) is 0 Å². The van der Waals surface area contributed by atoms with Gasteiger partial charge in [0, 0.05) is 6.42 Å². The Balaban J connectivity index is 4.11. The van der Waals surface area contributed by atoms with Crippen LogP contribution in [0.15, 0.2) is 24.3 Å². The first kappa shape index (κ1) is 59.0. The van der Waals surface area contributed by atoms with Gasteiger partial charge in [-0.25, -0.2) is 0 Å². The van der Waals surface area contributed by atoms with Gasteiger partial charge in [0.05, 0.1) is 39.9 Å². The molecule has 0 aliphatic carbocycles. The van der Waals surface area contributed by atoms with E-state index in [2.05, 4.69) is 31.3 Å². The molecule has 0 saturated carbocycles.